The molecular weight excluding hydrogens is 380 g/mol. The number of halogens is 2. The molecule has 5 nitrogen and oxygen atoms in total. The molecule has 116 valence electrons. The van der Waals surface area contributed by atoms with Crippen molar-refractivity contribution >= 4 is 39.3 Å². The van der Waals surface area contributed by atoms with E-state index in [1.807, 2.05) is 25.1 Å². The fraction of sp³-hybridized carbons (Fsp3) is 0.0625. The lowest BCUT2D eigenvalue weighted by Gasteiger charge is -2.06. The van der Waals surface area contributed by atoms with Gasteiger partial charge in [-0.2, -0.15) is 5.10 Å². The van der Waals surface area contributed by atoms with Gasteiger partial charge < -0.3 is 5.32 Å². The van der Waals surface area contributed by atoms with Crippen LogP contribution in [0.5, 0.6) is 0 Å². The summed E-state index contributed by atoms with van der Waals surface area (Å²) in [5.41, 5.74) is 2.10. The van der Waals surface area contributed by atoms with Gasteiger partial charge in [0.1, 0.15) is 5.82 Å². The van der Waals surface area contributed by atoms with Crippen LogP contribution in [-0.4, -0.2) is 20.7 Å². The Kier molecular flexibility index (Phi) is 4.45. The molecule has 0 aliphatic carbocycles. The minimum Gasteiger partial charge on any atom is -0.306 e. The van der Waals surface area contributed by atoms with Gasteiger partial charge in [0.25, 0.3) is 5.91 Å². The normalized spacial score (nSPS) is 10.6. The van der Waals surface area contributed by atoms with Gasteiger partial charge in [0, 0.05) is 21.9 Å². The van der Waals surface area contributed by atoms with Crippen LogP contribution >= 0.6 is 27.5 Å². The lowest BCUT2D eigenvalue weighted by atomic mass is 10.2. The number of carbonyl (C=O) groups excluding carboxylic acids is 1. The van der Waals surface area contributed by atoms with Crippen molar-refractivity contribution in [1.82, 2.24) is 14.8 Å². The summed E-state index contributed by atoms with van der Waals surface area (Å²) >= 11 is 9.31. The summed E-state index contributed by atoms with van der Waals surface area (Å²) in [4.78, 5) is 16.5. The second-order valence-electron chi connectivity index (χ2n) is 4.93. The third-order valence-corrected chi connectivity index (χ3v) is 3.86. The molecule has 2 heterocycles. The summed E-state index contributed by atoms with van der Waals surface area (Å²) in [6.07, 6.45) is 4.79. The summed E-state index contributed by atoms with van der Waals surface area (Å²) in [7, 11) is 0. The molecule has 0 aliphatic heterocycles. The maximum Gasteiger partial charge on any atom is 0.260 e. The number of hydrogen-bond acceptors (Lipinski definition) is 3. The zero-order chi connectivity index (χ0) is 16.4. The van der Waals surface area contributed by atoms with E-state index < -0.39 is 0 Å². The standard InChI is InChI=1S/C16H12BrClN4O/c1-10-5-12(17)8-19-15(10)21-16(23)11-7-20-22(9-11)14-4-2-3-13(18)6-14/h2-9H,1H3,(H,19,21,23). The van der Waals surface area contributed by atoms with E-state index in [1.54, 1.807) is 29.2 Å². The number of benzene rings is 1. The van der Waals surface area contributed by atoms with Crippen LogP contribution in [0.15, 0.2) is 53.4 Å². The molecule has 0 spiro atoms. The van der Waals surface area contributed by atoms with E-state index in [0.717, 1.165) is 15.7 Å². The maximum absolute atomic E-state index is 12.3. The van der Waals surface area contributed by atoms with E-state index in [1.165, 1.54) is 6.20 Å². The Hall–Kier alpha value is -2.18. The van der Waals surface area contributed by atoms with Crippen LogP contribution in [0.25, 0.3) is 5.69 Å². The number of nitrogens with zero attached hydrogens (tertiary/aromatic N) is 3. The first kappa shape index (κ1) is 15.7. The number of anilines is 1. The fourth-order valence-corrected chi connectivity index (χ4v) is 2.68. The van der Waals surface area contributed by atoms with Crippen LogP contribution in [0.1, 0.15) is 15.9 Å². The zero-order valence-corrected chi connectivity index (χ0v) is 14.5. The Labute approximate surface area is 146 Å². The molecule has 0 saturated heterocycles. The van der Waals surface area contributed by atoms with Crippen molar-refractivity contribution in [1.29, 1.82) is 0 Å². The smallest absolute Gasteiger partial charge is 0.260 e. The molecule has 0 saturated carbocycles. The predicted molar refractivity (Wildman–Crippen MR) is 93.2 cm³/mol. The minimum atomic E-state index is -0.267. The van der Waals surface area contributed by atoms with Gasteiger partial charge in [0.2, 0.25) is 0 Å². The highest BCUT2D eigenvalue weighted by Crippen LogP contribution is 2.18. The number of pyridine rings is 1. The third kappa shape index (κ3) is 3.60. The number of nitrogens with one attached hydrogen (secondary N) is 1. The van der Waals surface area contributed by atoms with Gasteiger partial charge in [0.15, 0.2) is 0 Å². The Morgan fingerprint density at radius 3 is 2.87 bits per heavy atom. The highest BCUT2D eigenvalue weighted by Gasteiger charge is 2.12. The molecule has 2 aromatic heterocycles. The van der Waals surface area contributed by atoms with Crippen LogP contribution in [0, 0.1) is 6.92 Å². The summed E-state index contributed by atoms with van der Waals surface area (Å²) < 4.78 is 2.46. The Morgan fingerprint density at radius 2 is 2.13 bits per heavy atom. The van der Waals surface area contributed by atoms with Crippen molar-refractivity contribution in [3.05, 3.63) is 69.5 Å². The van der Waals surface area contributed by atoms with Crippen LogP contribution in [0.4, 0.5) is 5.82 Å². The summed E-state index contributed by atoms with van der Waals surface area (Å²) in [6, 6.07) is 9.13. The summed E-state index contributed by atoms with van der Waals surface area (Å²) in [6.45, 7) is 1.88. The molecular formula is C16H12BrClN4O. The molecule has 0 atom stereocenters. The highest BCUT2D eigenvalue weighted by molar-refractivity contribution is 9.10. The van der Waals surface area contributed by atoms with Gasteiger partial charge in [-0.05, 0) is 52.7 Å². The molecule has 0 radical (unpaired) electrons. The van der Waals surface area contributed by atoms with Crippen molar-refractivity contribution in [3.63, 3.8) is 0 Å². The van der Waals surface area contributed by atoms with E-state index in [4.69, 9.17) is 11.6 Å². The largest absolute Gasteiger partial charge is 0.306 e. The first-order valence-electron chi connectivity index (χ1n) is 6.77. The molecule has 0 unspecified atom stereocenters. The van der Waals surface area contributed by atoms with E-state index >= 15 is 0 Å². The van der Waals surface area contributed by atoms with Gasteiger partial charge in [0.05, 0.1) is 17.4 Å². The van der Waals surface area contributed by atoms with Gasteiger partial charge in [-0.3, -0.25) is 4.79 Å². The minimum absolute atomic E-state index is 0.267. The van der Waals surface area contributed by atoms with Gasteiger partial charge in [-0.25, -0.2) is 9.67 Å². The first-order chi connectivity index (χ1) is 11.0. The molecule has 3 rings (SSSR count). The monoisotopic (exact) mass is 390 g/mol. The Balaban J connectivity index is 1.81. The molecule has 0 bridgehead atoms. The second kappa shape index (κ2) is 6.52. The molecule has 3 aromatic rings. The molecule has 1 aromatic carbocycles. The van der Waals surface area contributed by atoms with Crippen LogP contribution < -0.4 is 5.32 Å². The van der Waals surface area contributed by atoms with Crippen LogP contribution in [0.2, 0.25) is 5.02 Å². The molecule has 1 N–H and O–H groups in total. The average molecular weight is 392 g/mol. The number of aryl methyl sites for hydroxylation is 1. The van der Waals surface area contributed by atoms with E-state index in [2.05, 4.69) is 31.3 Å². The summed E-state index contributed by atoms with van der Waals surface area (Å²) in [5, 5.41) is 7.59. The Bertz CT molecular complexity index is 878. The number of carbonyl (C=O) groups is 1. The summed E-state index contributed by atoms with van der Waals surface area (Å²) in [5.74, 6) is 0.255. The van der Waals surface area contributed by atoms with E-state index in [-0.39, 0.29) is 5.91 Å². The average Bonchev–Trinajstić information content (AvgIpc) is 3.00. The number of aromatic nitrogens is 3. The molecule has 7 heteroatoms. The number of hydrogen-bond donors (Lipinski definition) is 1. The van der Waals surface area contributed by atoms with E-state index in [0.29, 0.717) is 16.4 Å². The lowest BCUT2D eigenvalue weighted by molar-refractivity contribution is 0.102. The van der Waals surface area contributed by atoms with Crippen molar-refractivity contribution < 1.29 is 4.79 Å². The second-order valence-corrected chi connectivity index (χ2v) is 6.28. The Morgan fingerprint density at radius 1 is 1.30 bits per heavy atom. The SMILES string of the molecule is Cc1cc(Br)cnc1NC(=O)c1cnn(-c2cccc(Cl)c2)c1. The molecule has 1 amide bonds. The third-order valence-electron chi connectivity index (χ3n) is 3.19. The predicted octanol–water partition coefficient (Wildman–Crippen LogP) is 4.24. The maximum atomic E-state index is 12.3. The van der Waals surface area contributed by atoms with Crippen molar-refractivity contribution in [3.8, 4) is 5.69 Å². The first-order valence-corrected chi connectivity index (χ1v) is 7.94. The van der Waals surface area contributed by atoms with Gasteiger partial charge in [-0.15, -0.1) is 0 Å². The highest BCUT2D eigenvalue weighted by atomic mass is 79.9. The zero-order valence-electron chi connectivity index (χ0n) is 12.1. The number of rotatable bonds is 3. The van der Waals surface area contributed by atoms with Crippen molar-refractivity contribution in [2.75, 3.05) is 5.32 Å². The fourth-order valence-electron chi connectivity index (χ4n) is 2.05. The molecule has 23 heavy (non-hydrogen) atoms. The van der Waals surface area contributed by atoms with Gasteiger partial charge in [-0.1, -0.05) is 17.7 Å². The van der Waals surface area contributed by atoms with Crippen LogP contribution in [-0.2, 0) is 0 Å². The quantitative estimate of drug-likeness (QED) is 0.726. The van der Waals surface area contributed by atoms with Crippen molar-refractivity contribution in [2.45, 2.75) is 6.92 Å². The molecule has 0 fully saturated rings. The van der Waals surface area contributed by atoms with E-state index in [9.17, 15) is 4.79 Å². The lowest BCUT2D eigenvalue weighted by Crippen LogP contribution is -2.13. The number of amides is 1. The topological polar surface area (TPSA) is 59.8 Å². The van der Waals surface area contributed by atoms with Crippen molar-refractivity contribution in [2.24, 2.45) is 0 Å². The molecule has 0 aliphatic rings. The van der Waals surface area contributed by atoms with Gasteiger partial charge >= 0.3 is 0 Å². The van der Waals surface area contributed by atoms with Crippen LogP contribution in [0.3, 0.4) is 0 Å².